The predicted octanol–water partition coefficient (Wildman–Crippen LogP) is 2.74. The standard InChI is InChI=1S/C21H26N4O/c1-16-21(17-7-3-4-8-18(17)23(16)2)19(26)15-24-11-13-25(14-12-24)20-9-5-6-10-22-20/h3-10,19,26H,11-15H2,1-2H3/t19-/m1/s1. The predicted molar refractivity (Wildman–Crippen MR) is 106 cm³/mol. The summed E-state index contributed by atoms with van der Waals surface area (Å²) in [5, 5.41) is 12.1. The first-order valence-electron chi connectivity index (χ1n) is 9.25. The molecular formula is C21H26N4O. The van der Waals surface area contributed by atoms with Crippen LogP contribution in [-0.4, -0.2) is 52.3 Å². The highest BCUT2D eigenvalue weighted by Gasteiger charge is 2.24. The van der Waals surface area contributed by atoms with Crippen molar-refractivity contribution in [2.24, 2.45) is 7.05 Å². The first-order valence-corrected chi connectivity index (χ1v) is 9.25. The topological polar surface area (TPSA) is 44.5 Å². The van der Waals surface area contributed by atoms with Gasteiger partial charge >= 0.3 is 0 Å². The van der Waals surface area contributed by atoms with Gasteiger partial charge in [0.05, 0.1) is 6.10 Å². The molecule has 2 aromatic heterocycles. The van der Waals surface area contributed by atoms with Gasteiger partial charge in [0.15, 0.2) is 0 Å². The number of benzene rings is 1. The van der Waals surface area contributed by atoms with E-state index >= 15 is 0 Å². The van der Waals surface area contributed by atoms with E-state index in [1.807, 2.05) is 24.4 Å². The van der Waals surface area contributed by atoms with Crippen molar-refractivity contribution < 1.29 is 5.11 Å². The van der Waals surface area contributed by atoms with Crippen LogP contribution >= 0.6 is 0 Å². The van der Waals surface area contributed by atoms with Crippen molar-refractivity contribution in [1.29, 1.82) is 0 Å². The summed E-state index contributed by atoms with van der Waals surface area (Å²) in [5.41, 5.74) is 3.39. The van der Waals surface area contributed by atoms with Crippen LogP contribution in [0.2, 0.25) is 0 Å². The fraction of sp³-hybridized carbons (Fsp3) is 0.381. The number of hydrogen-bond donors (Lipinski definition) is 1. The second kappa shape index (κ2) is 7.09. The number of anilines is 1. The lowest BCUT2D eigenvalue weighted by molar-refractivity contribution is 0.110. The molecular weight excluding hydrogens is 324 g/mol. The van der Waals surface area contributed by atoms with Gasteiger partial charge in [-0.2, -0.15) is 0 Å². The van der Waals surface area contributed by atoms with Crippen molar-refractivity contribution in [3.63, 3.8) is 0 Å². The Morgan fingerprint density at radius 2 is 1.77 bits per heavy atom. The van der Waals surface area contributed by atoms with Crippen LogP contribution in [-0.2, 0) is 7.05 Å². The summed E-state index contributed by atoms with van der Waals surface area (Å²) in [6.45, 7) is 6.54. The van der Waals surface area contributed by atoms with Gasteiger partial charge < -0.3 is 14.6 Å². The molecule has 1 aliphatic rings. The fourth-order valence-electron chi connectivity index (χ4n) is 4.01. The Labute approximate surface area is 154 Å². The molecule has 5 nitrogen and oxygen atoms in total. The second-order valence-corrected chi connectivity index (χ2v) is 7.07. The van der Waals surface area contributed by atoms with Gasteiger partial charge in [-0.1, -0.05) is 24.3 Å². The molecule has 0 spiro atoms. The summed E-state index contributed by atoms with van der Waals surface area (Å²) in [6.07, 6.45) is 1.37. The summed E-state index contributed by atoms with van der Waals surface area (Å²) in [7, 11) is 2.07. The Hall–Kier alpha value is -2.37. The van der Waals surface area contributed by atoms with Gasteiger partial charge in [0.1, 0.15) is 5.82 Å². The number of aliphatic hydroxyl groups excluding tert-OH is 1. The molecule has 5 heteroatoms. The highest BCUT2D eigenvalue weighted by atomic mass is 16.3. The summed E-state index contributed by atoms with van der Waals surface area (Å²) in [6, 6.07) is 14.4. The lowest BCUT2D eigenvalue weighted by Crippen LogP contribution is -2.47. The maximum Gasteiger partial charge on any atom is 0.128 e. The van der Waals surface area contributed by atoms with E-state index in [9.17, 15) is 5.11 Å². The third kappa shape index (κ3) is 3.08. The number of fused-ring (bicyclic) bond motifs is 1. The van der Waals surface area contributed by atoms with E-state index in [4.69, 9.17) is 0 Å². The Kier molecular flexibility index (Phi) is 4.66. The van der Waals surface area contributed by atoms with E-state index in [1.54, 1.807) is 0 Å². The van der Waals surface area contributed by atoms with Crippen LogP contribution in [0.5, 0.6) is 0 Å². The van der Waals surface area contributed by atoms with Crippen molar-refractivity contribution in [3.05, 3.63) is 59.9 Å². The number of pyridine rings is 1. The molecule has 0 bridgehead atoms. The van der Waals surface area contributed by atoms with Gasteiger partial charge in [0.2, 0.25) is 0 Å². The lowest BCUT2D eigenvalue weighted by Gasteiger charge is -2.36. The van der Waals surface area contributed by atoms with Gasteiger partial charge in [0.25, 0.3) is 0 Å². The number of nitrogens with zero attached hydrogens (tertiary/aromatic N) is 4. The van der Waals surface area contributed by atoms with Crippen LogP contribution < -0.4 is 4.90 Å². The van der Waals surface area contributed by atoms with E-state index < -0.39 is 6.10 Å². The summed E-state index contributed by atoms with van der Waals surface area (Å²) in [4.78, 5) is 9.10. The van der Waals surface area contributed by atoms with Gasteiger partial charge in [-0.05, 0) is 25.1 Å². The normalized spacial score (nSPS) is 17.0. The van der Waals surface area contributed by atoms with Crippen LogP contribution in [0.3, 0.4) is 0 Å². The lowest BCUT2D eigenvalue weighted by atomic mass is 10.0. The molecule has 0 unspecified atom stereocenters. The monoisotopic (exact) mass is 350 g/mol. The molecule has 1 aromatic carbocycles. The zero-order chi connectivity index (χ0) is 18.1. The highest BCUT2D eigenvalue weighted by Crippen LogP contribution is 2.30. The van der Waals surface area contributed by atoms with Crippen LogP contribution in [0, 0.1) is 6.92 Å². The third-order valence-electron chi connectivity index (χ3n) is 5.56. The molecule has 1 saturated heterocycles. The van der Waals surface area contributed by atoms with Crippen molar-refractivity contribution in [3.8, 4) is 0 Å². The Morgan fingerprint density at radius 1 is 1.04 bits per heavy atom. The van der Waals surface area contributed by atoms with Crippen molar-refractivity contribution >= 4 is 16.7 Å². The van der Waals surface area contributed by atoms with Crippen LogP contribution in [0.4, 0.5) is 5.82 Å². The quantitative estimate of drug-likeness (QED) is 0.786. The minimum atomic E-state index is -0.470. The number of piperazine rings is 1. The second-order valence-electron chi connectivity index (χ2n) is 7.07. The third-order valence-corrected chi connectivity index (χ3v) is 5.56. The Bertz CT molecular complexity index is 882. The molecule has 0 radical (unpaired) electrons. The van der Waals surface area contributed by atoms with Crippen LogP contribution in [0.15, 0.2) is 48.7 Å². The van der Waals surface area contributed by atoms with Gasteiger partial charge in [-0.15, -0.1) is 0 Å². The highest BCUT2D eigenvalue weighted by molar-refractivity contribution is 5.85. The molecule has 136 valence electrons. The number of aryl methyl sites for hydroxylation is 1. The maximum atomic E-state index is 11.0. The number of aliphatic hydroxyl groups is 1. The first-order chi connectivity index (χ1) is 12.6. The van der Waals surface area contributed by atoms with Gasteiger partial charge in [-0.25, -0.2) is 4.98 Å². The van der Waals surface area contributed by atoms with E-state index in [-0.39, 0.29) is 0 Å². The Balaban J connectivity index is 1.45. The van der Waals surface area contributed by atoms with Crippen molar-refractivity contribution in [2.75, 3.05) is 37.6 Å². The minimum Gasteiger partial charge on any atom is -0.387 e. The molecule has 26 heavy (non-hydrogen) atoms. The summed E-state index contributed by atoms with van der Waals surface area (Å²) in [5.74, 6) is 1.04. The van der Waals surface area contributed by atoms with Crippen molar-refractivity contribution in [2.45, 2.75) is 13.0 Å². The van der Waals surface area contributed by atoms with Crippen molar-refractivity contribution in [1.82, 2.24) is 14.5 Å². The molecule has 0 saturated carbocycles. The summed E-state index contributed by atoms with van der Waals surface area (Å²) >= 11 is 0. The number of β-amino-alcohol motifs (C(OH)–C–C–N with tert-alkyl or cyclic N) is 1. The number of para-hydroxylation sites is 1. The van der Waals surface area contributed by atoms with E-state index in [1.165, 1.54) is 5.52 Å². The zero-order valence-corrected chi connectivity index (χ0v) is 15.5. The molecule has 1 aliphatic heterocycles. The van der Waals surface area contributed by atoms with Gasteiger partial charge in [0, 0.05) is 68.1 Å². The summed E-state index contributed by atoms with van der Waals surface area (Å²) < 4.78 is 2.17. The average Bonchev–Trinajstić information content (AvgIpc) is 2.94. The molecule has 4 rings (SSSR count). The van der Waals surface area contributed by atoms with Gasteiger partial charge in [-0.3, -0.25) is 4.90 Å². The molecule has 1 atom stereocenters. The molecule has 3 aromatic rings. The maximum absolute atomic E-state index is 11.0. The Morgan fingerprint density at radius 3 is 2.50 bits per heavy atom. The SMILES string of the molecule is Cc1c([C@H](O)CN2CCN(c3ccccn3)CC2)c2ccccc2n1C. The number of aromatic nitrogens is 2. The number of rotatable bonds is 4. The largest absolute Gasteiger partial charge is 0.387 e. The van der Waals surface area contributed by atoms with E-state index in [2.05, 4.69) is 57.6 Å². The van der Waals surface area contributed by atoms with E-state index in [0.29, 0.717) is 6.54 Å². The molecule has 1 fully saturated rings. The van der Waals surface area contributed by atoms with Crippen LogP contribution in [0.25, 0.3) is 10.9 Å². The fourth-order valence-corrected chi connectivity index (χ4v) is 4.01. The average molecular weight is 350 g/mol. The van der Waals surface area contributed by atoms with E-state index in [0.717, 1.165) is 48.6 Å². The van der Waals surface area contributed by atoms with Crippen LogP contribution in [0.1, 0.15) is 17.4 Å². The molecule has 0 aliphatic carbocycles. The smallest absolute Gasteiger partial charge is 0.128 e. The molecule has 3 heterocycles. The number of hydrogen-bond acceptors (Lipinski definition) is 4. The molecule has 0 amide bonds. The molecule has 1 N–H and O–H groups in total. The zero-order valence-electron chi connectivity index (χ0n) is 15.5. The first kappa shape index (κ1) is 17.1. The minimum absolute atomic E-state index is 0.470.